The fourth-order valence-corrected chi connectivity index (χ4v) is 1.78. The van der Waals surface area contributed by atoms with Crippen LogP contribution < -0.4 is 4.74 Å². The molecule has 2 rings (SSSR count). The molecule has 0 N–H and O–H groups in total. The van der Waals surface area contributed by atoms with Gasteiger partial charge in [-0.25, -0.2) is 0 Å². The maximum Gasteiger partial charge on any atom is 0.144 e. The monoisotopic (exact) mass is 272 g/mol. The lowest BCUT2D eigenvalue weighted by atomic mass is 10.2. The van der Waals surface area contributed by atoms with Crippen LogP contribution in [0.3, 0.4) is 0 Å². The lowest BCUT2D eigenvalue weighted by Gasteiger charge is -2.07. The van der Waals surface area contributed by atoms with E-state index >= 15 is 0 Å². The predicted octanol–water partition coefficient (Wildman–Crippen LogP) is 4.04. The molecule has 3 heteroatoms. The molecular formula is C16H13ClO2. The maximum atomic E-state index is 10.3. The van der Waals surface area contributed by atoms with Gasteiger partial charge in [-0.05, 0) is 41.5 Å². The van der Waals surface area contributed by atoms with Crippen LogP contribution in [-0.2, 0) is 11.4 Å². The van der Waals surface area contributed by atoms with Crippen LogP contribution in [0.2, 0.25) is 0 Å². The number of carbonyl (C=O) groups excluding carboxylic acids is 1. The summed E-state index contributed by atoms with van der Waals surface area (Å²) in [5.41, 5.74) is 1.91. The Morgan fingerprint density at radius 1 is 1.05 bits per heavy atom. The van der Waals surface area contributed by atoms with Gasteiger partial charge in [-0.15, -0.1) is 0 Å². The molecular weight excluding hydrogens is 260 g/mol. The highest BCUT2D eigenvalue weighted by atomic mass is 35.5. The van der Waals surface area contributed by atoms with Gasteiger partial charge in [-0.2, -0.15) is 0 Å². The van der Waals surface area contributed by atoms with E-state index in [0.29, 0.717) is 17.9 Å². The number of allylic oxidation sites excluding steroid dienone is 1. The molecule has 0 bridgehead atoms. The number of halogens is 1. The molecule has 19 heavy (non-hydrogen) atoms. The van der Waals surface area contributed by atoms with Gasteiger partial charge in [0.1, 0.15) is 18.6 Å². The molecule has 0 fully saturated rings. The number of carbonyl (C=O) groups is 1. The van der Waals surface area contributed by atoms with Gasteiger partial charge >= 0.3 is 0 Å². The van der Waals surface area contributed by atoms with Crippen molar-refractivity contribution in [3.63, 3.8) is 0 Å². The summed E-state index contributed by atoms with van der Waals surface area (Å²) in [4.78, 5) is 10.3. The molecule has 2 nitrogen and oxygen atoms in total. The van der Waals surface area contributed by atoms with E-state index in [1.165, 1.54) is 6.08 Å². The molecule has 0 heterocycles. The number of aldehydes is 1. The third-order valence-electron chi connectivity index (χ3n) is 2.59. The summed E-state index contributed by atoms with van der Waals surface area (Å²) in [7, 11) is 0. The average Bonchev–Trinajstić information content (AvgIpc) is 2.47. The first kappa shape index (κ1) is 13.4. The number of ether oxygens (including phenoxy) is 1. The molecule has 0 amide bonds. The molecule has 0 aliphatic rings. The van der Waals surface area contributed by atoms with Crippen LogP contribution in [0, 0.1) is 0 Å². The standard InChI is InChI=1S/C16H13ClO2/c17-16(10-11-18)14-6-8-15(9-7-14)19-12-13-4-2-1-3-5-13/h1-11H,12H2/b16-10+. The summed E-state index contributed by atoms with van der Waals surface area (Å²) in [6.45, 7) is 0.526. The Bertz CT molecular complexity index is 559. The Hall–Kier alpha value is -2.06. The molecule has 0 aliphatic heterocycles. The maximum absolute atomic E-state index is 10.3. The number of hydrogen-bond acceptors (Lipinski definition) is 2. The van der Waals surface area contributed by atoms with E-state index in [0.717, 1.165) is 16.9 Å². The van der Waals surface area contributed by atoms with Gasteiger partial charge in [0.25, 0.3) is 0 Å². The minimum atomic E-state index is 0.421. The van der Waals surface area contributed by atoms with Gasteiger partial charge in [-0.3, -0.25) is 4.79 Å². The second kappa shape index (κ2) is 6.76. The first-order valence-corrected chi connectivity index (χ1v) is 6.25. The van der Waals surface area contributed by atoms with Gasteiger partial charge in [-0.1, -0.05) is 41.9 Å². The average molecular weight is 273 g/mol. The van der Waals surface area contributed by atoms with Crippen molar-refractivity contribution in [3.8, 4) is 5.75 Å². The molecule has 0 radical (unpaired) electrons. The smallest absolute Gasteiger partial charge is 0.144 e. The van der Waals surface area contributed by atoms with Gasteiger partial charge in [0.05, 0.1) is 5.03 Å². The normalized spacial score (nSPS) is 11.1. The highest BCUT2D eigenvalue weighted by Gasteiger charge is 1.99. The summed E-state index contributed by atoms with van der Waals surface area (Å²) in [5, 5.41) is 0.421. The Labute approximate surface area is 117 Å². The van der Waals surface area contributed by atoms with Crippen molar-refractivity contribution in [1.29, 1.82) is 0 Å². The van der Waals surface area contributed by atoms with Crippen LogP contribution in [0.1, 0.15) is 11.1 Å². The Morgan fingerprint density at radius 2 is 1.74 bits per heavy atom. The van der Waals surface area contributed by atoms with Crippen LogP contribution in [0.5, 0.6) is 5.75 Å². The zero-order chi connectivity index (χ0) is 13.5. The SMILES string of the molecule is O=C/C=C(/Cl)c1ccc(OCc2ccccc2)cc1. The second-order valence-electron chi connectivity index (χ2n) is 3.95. The molecule has 0 spiro atoms. The minimum absolute atomic E-state index is 0.421. The van der Waals surface area contributed by atoms with Gasteiger partial charge in [0.2, 0.25) is 0 Å². The van der Waals surface area contributed by atoms with E-state index in [2.05, 4.69) is 0 Å². The van der Waals surface area contributed by atoms with Crippen LogP contribution >= 0.6 is 11.6 Å². The van der Waals surface area contributed by atoms with E-state index in [1.807, 2.05) is 54.6 Å². The largest absolute Gasteiger partial charge is 0.489 e. The summed E-state index contributed by atoms with van der Waals surface area (Å²) < 4.78 is 5.65. The van der Waals surface area contributed by atoms with Crippen molar-refractivity contribution in [2.24, 2.45) is 0 Å². The van der Waals surface area contributed by atoms with Crippen molar-refractivity contribution in [2.75, 3.05) is 0 Å². The van der Waals surface area contributed by atoms with Crippen LogP contribution in [0.25, 0.3) is 5.03 Å². The summed E-state index contributed by atoms with van der Waals surface area (Å²) in [6, 6.07) is 17.3. The number of hydrogen-bond donors (Lipinski definition) is 0. The molecule has 0 saturated heterocycles. The topological polar surface area (TPSA) is 26.3 Å². The first-order chi connectivity index (χ1) is 9.29. The lowest BCUT2D eigenvalue weighted by Crippen LogP contribution is -1.94. The Kier molecular flexibility index (Phi) is 4.76. The minimum Gasteiger partial charge on any atom is -0.489 e. The van der Waals surface area contributed by atoms with E-state index in [9.17, 15) is 4.79 Å². The number of benzene rings is 2. The summed E-state index contributed by atoms with van der Waals surface area (Å²) in [5.74, 6) is 0.767. The third kappa shape index (κ3) is 3.97. The Morgan fingerprint density at radius 3 is 2.37 bits per heavy atom. The number of rotatable bonds is 5. The molecule has 2 aromatic rings. The fourth-order valence-electron chi connectivity index (χ4n) is 1.61. The van der Waals surface area contributed by atoms with Gasteiger partial charge < -0.3 is 4.74 Å². The highest BCUT2D eigenvalue weighted by molar-refractivity contribution is 6.49. The van der Waals surface area contributed by atoms with E-state index in [1.54, 1.807) is 0 Å². The zero-order valence-corrected chi connectivity index (χ0v) is 11.0. The van der Waals surface area contributed by atoms with E-state index in [4.69, 9.17) is 16.3 Å². The summed E-state index contributed by atoms with van der Waals surface area (Å²) in [6.07, 6.45) is 1.99. The molecule has 0 aliphatic carbocycles. The van der Waals surface area contributed by atoms with Crippen LogP contribution in [0.15, 0.2) is 60.7 Å². The molecule has 0 aromatic heterocycles. The summed E-state index contributed by atoms with van der Waals surface area (Å²) >= 11 is 5.92. The van der Waals surface area contributed by atoms with Crippen molar-refractivity contribution >= 4 is 22.9 Å². The molecule has 0 unspecified atom stereocenters. The van der Waals surface area contributed by atoms with Crippen molar-refractivity contribution in [2.45, 2.75) is 6.61 Å². The van der Waals surface area contributed by atoms with Crippen LogP contribution in [0.4, 0.5) is 0 Å². The van der Waals surface area contributed by atoms with Crippen molar-refractivity contribution in [3.05, 3.63) is 71.8 Å². The van der Waals surface area contributed by atoms with E-state index < -0.39 is 0 Å². The Balaban J connectivity index is 1.99. The third-order valence-corrected chi connectivity index (χ3v) is 2.94. The van der Waals surface area contributed by atoms with E-state index in [-0.39, 0.29) is 0 Å². The van der Waals surface area contributed by atoms with Crippen LogP contribution in [-0.4, -0.2) is 6.29 Å². The lowest BCUT2D eigenvalue weighted by molar-refractivity contribution is -0.104. The van der Waals surface area contributed by atoms with Gasteiger partial charge in [0.15, 0.2) is 0 Å². The van der Waals surface area contributed by atoms with Crippen molar-refractivity contribution < 1.29 is 9.53 Å². The fraction of sp³-hybridized carbons (Fsp3) is 0.0625. The quantitative estimate of drug-likeness (QED) is 0.606. The molecule has 2 aromatic carbocycles. The molecule has 96 valence electrons. The second-order valence-corrected chi connectivity index (χ2v) is 4.36. The first-order valence-electron chi connectivity index (χ1n) is 5.88. The highest BCUT2D eigenvalue weighted by Crippen LogP contribution is 2.21. The molecule has 0 saturated carbocycles. The predicted molar refractivity (Wildman–Crippen MR) is 77.1 cm³/mol. The van der Waals surface area contributed by atoms with Gasteiger partial charge in [0, 0.05) is 0 Å². The zero-order valence-electron chi connectivity index (χ0n) is 10.3. The van der Waals surface area contributed by atoms with Crippen molar-refractivity contribution in [1.82, 2.24) is 0 Å². The molecule has 0 atom stereocenters.